The van der Waals surface area contributed by atoms with Crippen LogP contribution in [0.25, 0.3) is 0 Å². The zero-order valence-electron chi connectivity index (χ0n) is 12.1. The highest BCUT2D eigenvalue weighted by molar-refractivity contribution is 9.10. The number of benzene rings is 2. The Morgan fingerprint density at radius 3 is 2.38 bits per heavy atom. The molecule has 2 aromatic carbocycles. The quantitative estimate of drug-likeness (QED) is 0.826. The van der Waals surface area contributed by atoms with Gasteiger partial charge in [-0.3, -0.25) is 0 Å². The van der Waals surface area contributed by atoms with E-state index in [0.717, 1.165) is 28.8 Å². The second kappa shape index (κ2) is 8.05. The highest BCUT2D eigenvalue weighted by Crippen LogP contribution is 2.19. The first kappa shape index (κ1) is 15.9. The molecule has 0 aliphatic heterocycles. The first-order chi connectivity index (χ1) is 10.2. The molecule has 0 spiro atoms. The molecule has 1 atom stereocenters. The van der Waals surface area contributed by atoms with Crippen LogP contribution < -0.4 is 15.2 Å². The van der Waals surface area contributed by atoms with E-state index < -0.39 is 0 Å². The first-order valence-electron chi connectivity index (χ1n) is 6.95. The van der Waals surface area contributed by atoms with Gasteiger partial charge in [-0.05, 0) is 48.7 Å². The predicted molar refractivity (Wildman–Crippen MR) is 88.9 cm³/mol. The second-order valence-electron chi connectivity index (χ2n) is 4.87. The minimum absolute atomic E-state index is 0.0851. The maximum Gasteiger partial charge on any atom is 0.119 e. The summed E-state index contributed by atoms with van der Waals surface area (Å²) in [6.07, 6.45) is 1.65. The van der Waals surface area contributed by atoms with E-state index in [2.05, 4.69) is 22.0 Å². The molecular formula is C17H20BrNO2. The largest absolute Gasteiger partial charge is 0.497 e. The van der Waals surface area contributed by atoms with Crippen LogP contribution in [0.2, 0.25) is 0 Å². The standard InChI is InChI=1S/C17H20BrNO2/c1-20-15-6-8-16(9-7-15)21-11-10-14(19)12-13-4-2-3-5-17(13)18/h2-9,14H,10-12,19H2,1H3. The SMILES string of the molecule is COc1ccc(OCCC(N)Cc2ccccc2Br)cc1. The van der Waals surface area contributed by atoms with E-state index in [-0.39, 0.29) is 6.04 Å². The van der Waals surface area contributed by atoms with Crippen molar-refractivity contribution in [2.75, 3.05) is 13.7 Å². The molecule has 2 aromatic rings. The van der Waals surface area contributed by atoms with E-state index in [1.807, 2.05) is 42.5 Å². The monoisotopic (exact) mass is 349 g/mol. The van der Waals surface area contributed by atoms with Crippen LogP contribution in [-0.2, 0) is 6.42 Å². The minimum Gasteiger partial charge on any atom is -0.497 e. The Labute approximate surface area is 134 Å². The fourth-order valence-electron chi connectivity index (χ4n) is 2.05. The van der Waals surface area contributed by atoms with Crippen molar-refractivity contribution in [3.05, 3.63) is 58.6 Å². The number of methoxy groups -OCH3 is 1. The Kier molecular flexibility index (Phi) is 6.08. The Morgan fingerprint density at radius 2 is 1.71 bits per heavy atom. The van der Waals surface area contributed by atoms with E-state index in [4.69, 9.17) is 15.2 Å². The summed E-state index contributed by atoms with van der Waals surface area (Å²) in [6, 6.07) is 15.8. The van der Waals surface area contributed by atoms with Crippen LogP contribution in [0.3, 0.4) is 0 Å². The lowest BCUT2D eigenvalue weighted by Gasteiger charge is -2.13. The number of nitrogens with two attached hydrogens (primary N) is 1. The molecule has 3 nitrogen and oxygen atoms in total. The summed E-state index contributed by atoms with van der Waals surface area (Å²) in [5.74, 6) is 1.66. The van der Waals surface area contributed by atoms with Crippen molar-refractivity contribution in [2.24, 2.45) is 5.73 Å². The number of ether oxygens (including phenoxy) is 2. The molecular weight excluding hydrogens is 330 g/mol. The van der Waals surface area contributed by atoms with E-state index in [1.54, 1.807) is 7.11 Å². The summed E-state index contributed by atoms with van der Waals surface area (Å²) in [5.41, 5.74) is 7.39. The molecule has 0 heterocycles. The van der Waals surface area contributed by atoms with Gasteiger partial charge in [-0.2, -0.15) is 0 Å². The molecule has 4 heteroatoms. The lowest BCUT2D eigenvalue weighted by Crippen LogP contribution is -2.25. The highest BCUT2D eigenvalue weighted by atomic mass is 79.9. The molecule has 21 heavy (non-hydrogen) atoms. The van der Waals surface area contributed by atoms with Crippen LogP contribution in [0.1, 0.15) is 12.0 Å². The Hall–Kier alpha value is -1.52. The summed E-state index contributed by atoms with van der Waals surface area (Å²) in [4.78, 5) is 0. The van der Waals surface area contributed by atoms with Crippen molar-refractivity contribution in [3.63, 3.8) is 0 Å². The molecule has 0 aromatic heterocycles. The number of hydrogen-bond donors (Lipinski definition) is 1. The van der Waals surface area contributed by atoms with Crippen molar-refractivity contribution in [1.29, 1.82) is 0 Å². The van der Waals surface area contributed by atoms with Crippen molar-refractivity contribution in [1.82, 2.24) is 0 Å². The van der Waals surface area contributed by atoms with Crippen molar-refractivity contribution in [3.8, 4) is 11.5 Å². The molecule has 0 saturated carbocycles. The summed E-state index contributed by atoms with van der Waals surface area (Å²) < 4.78 is 11.9. The van der Waals surface area contributed by atoms with Crippen LogP contribution >= 0.6 is 15.9 Å². The van der Waals surface area contributed by atoms with Crippen LogP contribution in [0.5, 0.6) is 11.5 Å². The van der Waals surface area contributed by atoms with Gasteiger partial charge in [-0.1, -0.05) is 34.1 Å². The fraction of sp³-hybridized carbons (Fsp3) is 0.294. The van der Waals surface area contributed by atoms with E-state index in [9.17, 15) is 0 Å². The van der Waals surface area contributed by atoms with Gasteiger partial charge in [0, 0.05) is 10.5 Å². The molecule has 2 rings (SSSR count). The third kappa shape index (κ3) is 5.06. The molecule has 0 aliphatic carbocycles. The van der Waals surface area contributed by atoms with Gasteiger partial charge in [-0.15, -0.1) is 0 Å². The molecule has 0 saturated heterocycles. The third-order valence-electron chi connectivity index (χ3n) is 3.26. The van der Waals surface area contributed by atoms with E-state index >= 15 is 0 Å². The summed E-state index contributed by atoms with van der Waals surface area (Å²) >= 11 is 3.54. The molecule has 0 bridgehead atoms. The van der Waals surface area contributed by atoms with Crippen molar-refractivity contribution < 1.29 is 9.47 Å². The van der Waals surface area contributed by atoms with Crippen molar-refractivity contribution in [2.45, 2.75) is 18.9 Å². The van der Waals surface area contributed by atoms with Crippen molar-refractivity contribution >= 4 is 15.9 Å². The molecule has 0 aliphatic rings. The van der Waals surface area contributed by atoms with Gasteiger partial charge in [0.1, 0.15) is 11.5 Å². The first-order valence-corrected chi connectivity index (χ1v) is 7.74. The molecule has 1 unspecified atom stereocenters. The zero-order valence-corrected chi connectivity index (χ0v) is 13.7. The number of hydrogen-bond acceptors (Lipinski definition) is 3. The van der Waals surface area contributed by atoms with Gasteiger partial charge in [-0.25, -0.2) is 0 Å². The predicted octanol–water partition coefficient (Wildman–Crippen LogP) is 3.80. The summed E-state index contributed by atoms with van der Waals surface area (Å²) in [5, 5.41) is 0. The fourth-order valence-corrected chi connectivity index (χ4v) is 2.50. The Morgan fingerprint density at radius 1 is 1.05 bits per heavy atom. The van der Waals surface area contributed by atoms with Gasteiger partial charge in [0.2, 0.25) is 0 Å². The van der Waals surface area contributed by atoms with Gasteiger partial charge in [0.25, 0.3) is 0 Å². The Balaban J connectivity index is 1.76. The topological polar surface area (TPSA) is 44.5 Å². The molecule has 0 amide bonds. The molecule has 2 N–H and O–H groups in total. The Bertz CT molecular complexity index is 557. The summed E-state index contributed by atoms with van der Waals surface area (Å²) in [6.45, 7) is 0.609. The maximum atomic E-state index is 6.16. The van der Waals surface area contributed by atoms with Gasteiger partial charge >= 0.3 is 0 Å². The van der Waals surface area contributed by atoms with E-state index in [1.165, 1.54) is 5.56 Å². The molecule has 0 fully saturated rings. The van der Waals surface area contributed by atoms with Crippen LogP contribution in [0.4, 0.5) is 0 Å². The van der Waals surface area contributed by atoms with Gasteiger partial charge < -0.3 is 15.2 Å². The summed E-state index contributed by atoms with van der Waals surface area (Å²) in [7, 11) is 1.65. The normalized spacial score (nSPS) is 12.0. The number of rotatable bonds is 7. The van der Waals surface area contributed by atoms with Gasteiger partial charge in [0.05, 0.1) is 13.7 Å². The zero-order chi connectivity index (χ0) is 15.1. The maximum absolute atomic E-state index is 6.16. The van der Waals surface area contributed by atoms with Gasteiger partial charge in [0.15, 0.2) is 0 Å². The average molecular weight is 350 g/mol. The van der Waals surface area contributed by atoms with Crippen LogP contribution in [0, 0.1) is 0 Å². The van der Waals surface area contributed by atoms with E-state index in [0.29, 0.717) is 6.61 Å². The smallest absolute Gasteiger partial charge is 0.119 e. The number of halogens is 1. The van der Waals surface area contributed by atoms with Crippen LogP contribution in [-0.4, -0.2) is 19.8 Å². The molecule has 112 valence electrons. The second-order valence-corrected chi connectivity index (χ2v) is 5.72. The third-order valence-corrected chi connectivity index (χ3v) is 4.03. The van der Waals surface area contributed by atoms with Crippen LogP contribution in [0.15, 0.2) is 53.0 Å². The minimum atomic E-state index is 0.0851. The average Bonchev–Trinajstić information content (AvgIpc) is 2.50. The lowest BCUT2D eigenvalue weighted by molar-refractivity contribution is 0.296. The lowest BCUT2D eigenvalue weighted by atomic mass is 10.0. The highest BCUT2D eigenvalue weighted by Gasteiger charge is 2.07. The molecule has 0 radical (unpaired) electrons.